The van der Waals surface area contributed by atoms with Gasteiger partial charge in [0.15, 0.2) is 0 Å². The molecule has 2 aliphatic heterocycles. The SMILES string of the molecule is COc1ccc(C2=C(C)C(N3CCN(c4cc(C)ccc4C)CC3)=NS2(=O)=O)cc1. The van der Waals surface area contributed by atoms with Gasteiger partial charge in [-0.1, -0.05) is 12.1 Å². The lowest BCUT2D eigenvalue weighted by atomic mass is 10.1. The monoisotopic (exact) mass is 425 g/mol. The van der Waals surface area contributed by atoms with Crippen molar-refractivity contribution in [1.29, 1.82) is 0 Å². The van der Waals surface area contributed by atoms with Gasteiger partial charge in [-0.05, 0) is 67.8 Å². The third-order valence-electron chi connectivity index (χ3n) is 5.78. The average molecular weight is 426 g/mol. The fraction of sp³-hybridized carbons (Fsp3) is 0.348. The van der Waals surface area contributed by atoms with E-state index in [0.29, 0.717) is 22.7 Å². The second kappa shape index (κ2) is 7.80. The van der Waals surface area contributed by atoms with E-state index >= 15 is 0 Å². The lowest BCUT2D eigenvalue weighted by Gasteiger charge is -2.38. The molecule has 0 saturated carbocycles. The summed E-state index contributed by atoms with van der Waals surface area (Å²) < 4.78 is 35.0. The standard InChI is InChI=1S/C23H27N3O3S/c1-16-5-6-17(2)21(15-16)25-11-13-26(14-12-25)23-18(3)22(30(27,28)24-23)19-7-9-20(29-4)10-8-19/h5-10,15H,11-14H2,1-4H3. The number of rotatable bonds is 3. The van der Waals surface area contributed by atoms with E-state index in [1.54, 1.807) is 31.4 Å². The minimum absolute atomic E-state index is 0.289. The van der Waals surface area contributed by atoms with Gasteiger partial charge in [-0.15, -0.1) is 4.40 Å². The predicted octanol–water partition coefficient (Wildman–Crippen LogP) is 3.61. The number of anilines is 1. The van der Waals surface area contributed by atoms with Gasteiger partial charge in [0.05, 0.1) is 7.11 Å². The van der Waals surface area contributed by atoms with Crippen molar-refractivity contribution in [2.24, 2.45) is 4.40 Å². The zero-order valence-electron chi connectivity index (χ0n) is 17.8. The van der Waals surface area contributed by atoms with E-state index < -0.39 is 10.0 Å². The van der Waals surface area contributed by atoms with Crippen LogP contribution in [0.5, 0.6) is 5.75 Å². The van der Waals surface area contributed by atoms with Gasteiger partial charge in [0, 0.05) is 37.4 Å². The number of piperazine rings is 1. The molecule has 0 unspecified atom stereocenters. The van der Waals surface area contributed by atoms with Crippen molar-refractivity contribution in [3.63, 3.8) is 0 Å². The second-order valence-corrected chi connectivity index (χ2v) is 9.38. The van der Waals surface area contributed by atoms with Gasteiger partial charge < -0.3 is 14.5 Å². The van der Waals surface area contributed by atoms with Gasteiger partial charge >= 0.3 is 0 Å². The maximum atomic E-state index is 12.8. The van der Waals surface area contributed by atoms with E-state index in [2.05, 4.69) is 46.2 Å². The van der Waals surface area contributed by atoms with E-state index in [-0.39, 0.29) is 4.91 Å². The Morgan fingerprint density at radius 2 is 1.53 bits per heavy atom. The molecule has 2 heterocycles. The van der Waals surface area contributed by atoms with Gasteiger partial charge in [-0.25, -0.2) is 0 Å². The summed E-state index contributed by atoms with van der Waals surface area (Å²) in [4.78, 5) is 4.74. The fourth-order valence-electron chi connectivity index (χ4n) is 4.14. The quantitative estimate of drug-likeness (QED) is 0.752. The molecule has 1 saturated heterocycles. The number of sulfonamides is 1. The van der Waals surface area contributed by atoms with Gasteiger partial charge in [0.2, 0.25) is 0 Å². The number of nitrogens with zero attached hydrogens (tertiary/aromatic N) is 3. The molecule has 2 aromatic rings. The molecule has 0 N–H and O–H groups in total. The molecule has 2 aromatic carbocycles. The molecule has 4 rings (SSSR count). The Morgan fingerprint density at radius 3 is 2.17 bits per heavy atom. The molecule has 0 radical (unpaired) electrons. The first-order valence-corrected chi connectivity index (χ1v) is 11.5. The van der Waals surface area contributed by atoms with E-state index in [4.69, 9.17) is 4.74 Å². The molecule has 6 nitrogen and oxygen atoms in total. The molecule has 2 aliphatic rings. The van der Waals surface area contributed by atoms with Crippen molar-refractivity contribution in [2.75, 3.05) is 38.2 Å². The molecule has 0 aliphatic carbocycles. The first-order chi connectivity index (χ1) is 14.3. The Bertz CT molecular complexity index is 1130. The number of hydrogen-bond acceptors (Lipinski definition) is 5. The highest BCUT2D eigenvalue weighted by Gasteiger charge is 2.34. The smallest absolute Gasteiger partial charge is 0.285 e. The van der Waals surface area contributed by atoms with Crippen LogP contribution < -0.4 is 9.64 Å². The molecular formula is C23H27N3O3S. The van der Waals surface area contributed by atoms with Crippen LogP contribution in [0.2, 0.25) is 0 Å². The third kappa shape index (κ3) is 3.69. The van der Waals surface area contributed by atoms with Gasteiger partial charge in [0.1, 0.15) is 16.5 Å². The van der Waals surface area contributed by atoms with E-state index in [1.807, 2.05) is 6.92 Å². The van der Waals surface area contributed by atoms with Gasteiger partial charge in [-0.3, -0.25) is 0 Å². The van der Waals surface area contributed by atoms with Crippen molar-refractivity contribution in [3.05, 3.63) is 64.7 Å². The summed E-state index contributed by atoms with van der Waals surface area (Å²) in [6.07, 6.45) is 0. The van der Waals surface area contributed by atoms with E-state index in [1.165, 1.54) is 16.8 Å². The van der Waals surface area contributed by atoms with Crippen LogP contribution in [-0.2, 0) is 10.0 Å². The predicted molar refractivity (Wildman–Crippen MR) is 122 cm³/mol. The highest BCUT2D eigenvalue weighted by molar-refractivity contribution is 8.00. The third-order valence-corrected chi connectivity index (χ3v) is 7.25. The topological polar surface area (TPSA) is 62.2 Å². The van der Waals surface area contributed by atoms with Crippen molar-refractivity contribution < 1.29 is 13.2 Å². The van der Waals surface area contributed by atoms with Crippen molar-refractivity contribution in [2.45, 2.75) is 20.8 Å². The lowest BCUT2D eigenvalue weighted by Crippen LogP contribution is -2.49. The van der Waals surface area contributed by atoms with E-state index in [0.717, 1.165) is 26.2 Å². The summed E-state index contributed by atoms with van der Waals surface area (Å²) in [5.41, 5.74) is 5.10. The largest absolute Gasteiger partial charge is 0.497 e. The van der Waals surface area contributed by atoms with Crippen LogP contribution in [0.4, 0.5) is 5.69 Å². The fourth-order valence-corrected chi connectivity index (χ4v) is 5.63. The Kier molecular flexibility index (Phi) is 5.32. The Hall–Kier alpha value is -2.80. The molecule has 0 amide bonds. The van der Waals surface area contributed by atoms with E-state index in [9.17, 15) is 8.42 Å². The van der Waals surface area contributed by atoms with Gasteiger partial charge in [0.25, 0.3) is 10.0 Å². The second-order valence-electron chi connectivity index (χ2n) is 7.84. The minimum Gasteiger partial charge on any atom is -0.497 e. The molecular weight excluding hydrogens is 398 g/mol. The Labute approximate surface area is 178 Å². The summed E-state index contributed by atoms with van der Waals surface area (Å²) in [5.74, 6) is 1.26. The minimum atomic E-state index is -3.71. The van der Waals surface area contributed by atoms with Crippen LogP contribution in [0.3, 0.4) is 0 Å². The zero-order chi connectivity index (χ0) is 21.5. The normalized spacial score (nSPS) is 18.6. The lowest BCUT2D eigenvalue weighted by molar-refractivity contribution is 0.386. The van der Waals surface area contributed by atoms with Crippen LogP contribution in [0.15, 0.2) is 52.4 Å². The van der Waals surface area contributed by atoms with Crippen LogP contribution in [0, 0.1) is 13.8 Å². The molecule has 0 aromatic heterocycles. The number of ether oxygens (including phenoxy) is 1. The van der Waals surface area contributed by atoms with Crippen molar-refractivity contribution >= 4 is 26.5 Å². The molecule has 0 atom stereocenters. The van der Waals surface area contributed by atoms with Crippen LogP contribution in [0.25, 0.3) is 4.91 Å². The molecule has 0 bridgehead atoms. The highest BCUT2D eigenvalue weighted by Crippen LogP contribution is 2.35. The van der Waals surface area contributed by atoms with Crippen LogP contribution >= 0.6 is 0 Å². The average Bonchev–Trinajstić information content (AvgIpc) is 2.98. The van der Waals surface area contributed by atoms with Crippen molar-refractivity contribution in [1.82, 2.24) is 4.90 Å². The Morgan fingerprint density at radius 1 is 0.900 bits per heavy atom. The maximum absolute atomic E-state index is 12.8. The summed E-state index contributed by atoms with van der Waals surface area (Å²) in [6.45, 7) is 9.20. The summed E-state index contributed by atoms with van der Waals surface area (Å²) in [6, 6.07) is 13.6. The molecule has 7 heteroatoms. The number of hydrogen-bond donors (Lipinski definition) is 0. The molecule has 158 valence electrons. The number of amidine groups is 1. The van der Waals surface area contributed by atoms with Gasteiger partial charge in [-0.2, -0.15) is 8.42 Å². The number of benzene rings is 2. The number of methoxy groups -OCH3 is 1. The summed E-state index contributed by atoms with van der Waals surface area (Å²) in [7, 11) is -2.13. The molecule has 1 fully saturated rings. The maximum Gasteiger partial charge on any atom is 0.285 e. The highest BCUT2D eigenvalue weighted by atomic mass is 32.2. The zero-order valence-corrected chi connectivity index (χ0v) is 18.7. The summed E-state index contributed by atoms with van der Waals surface area (Å²) in [5, 5.41) is 0. The van der Waals surface area contributed by atoms with Crippen LogP contribution in [0.1, 0.15) is 23.6 Å². The van der Waals surface area contributed by atoms with Crippen molar-refractivity contribution in [3.8, 4) is 5.75 Å². The summed E-state index contributed by atoms with van der Waals surface area (Å²) >= 11 is 0. The number of aryl methyl sites for hydroxylation is 2. The molecule has 30 heavy (non-hydrogen) atoms. The van der Waals surface area contributed by atoms with Crippen LogP contribution in [-0.4, -0.2) is 52.4 Å². The Balaban J connectivity index is 1.56. The molecule has 0 spiro atoms. The first-order valence-electron chi connectivity index (χ1n) is 10.1. The first kappa shape index (κ1) is 20.5.